The van der Waals surface area contributed by atoms with Gasteiger partial charge in [0.25, 0.3) is 0 Å². The second-order valence-corrected chi connectivity index (χ2v) is 6.39. The first-order valence-electron chi connectivity index (χ1n) is 7.63. The molecule has 2 heteroatoms. The lowest BCUT2D eigenvalue weighted by Gasteiger charge is -2.36. The number of anilines is 1. The SMILES string of the molecule is CC(C)NCc1ccc(N2CCC(C)C(C)C2)cc1. The Morgan fingerprint density at radius 1 is 1.16 bits per heavy atom. The standard InChI is InChI=1S/C17H28N2/c1-13(2)18-11-16-5-7-17(8-6-16)19-10-9-14(3)15(4)12-19/h5-8,13-15,18H,9-12H2,1-4H3. The zero-order valence-corrected chi connectivity index (χ0v) is 12.8. The molecule has 2 nitrogen and oxygen atoms in total. The third-order valence-corrected chi connectivity index (χ3v) is 4.35. The van der Waals surface area contributed by atoms with Crippen LogP contribution < -0.4 is 10.2 Å². The second kappa shape index (κ2) is 6.42. The van der Waals surface area contributed by atoms with Crippen LogP contribution in [0.5, 0.6) is 0 Å². The minimum atomic E-state index is 0.545. The minimum absolute atomic E-state index is 0.545. The van der Waals surface area contributed by atoms with Crippen LogP contribution in [-0.4, -0.2) is 19.1 Å². The van der Waals surface area contributed by atoms with E-state index in [4.69, 9.17) is 0 Å². The highest BCUT2D eigenvalue weighted by molar-refractivity contribution is 5.48. The predicted molar refractivity (Wildman–Crippen MR) is 83.6 cm³/mol. The van der Waals surface area contributed by atoms with Crippen LogP contribution in [0.1, 0.15) is 39.7 Å². The fourth-order valence-corrected chi connectivity index (χ4v) is 2.64. The highest BCUT2D eigenvalue weighted by Crippen LogP contribution is 2.27. The molecule has 0 amide bonds. The monoisotopic (exact) mass is 260 g/mol. The first-order valence-corrected chi connectivity index (χ1v) is 7.63. The molecule has 0 bridgehead atoms. The number of rotatable bonds is 4. The van der Waals surface area contributed by atoms with E-state index in [-0.39, 0.29) is 0 Å². The molecule has 1 N–H and O–H groups in total. The van der Waals surface area contributed by atoms with Crippen molar-refractivity contribution in [1.29, 1.82) is 0 Å². The van der Waals surface area contributed by atoms with Gasteiger partial charge < -0.3 is 10.2 Å². The smallest absolute Gasteiger partial charge is 0.0366 e. The van der Waals surface area contributed by atoms with Gasteiger partial charge in [0, 0.05) is 31.4 Å². The topological polar surface area (TPSA) is 15.3 Å². The van der Waals surface area contributed by atoms with E-state index >= 15 is 0 Å². The normalized spacial score (nSPS) is 23.9. The van der Waals surface area contributed by atoms with E-state index in [9.17, 15) is 0 Å². The van der Waals surface area contributed by atoms with Crippen LogP contribution in [0.4, 0.5) is 5.69 Å². The number of hydrogen-bond donors (Lipinski definition) is 1. The maximum Gasteiger partial charge on any atom is 0.0366 e. The van der Waals surface area contributed by atoms with Gasteiger partial charge in [0.2, 0.25) is 0 Å². The van der Waals surface area contributed by atoms with Crippen molar-refractivity contribution in [1.82, 2.24) is 5.32 Å². The van der Waals surface area contributed by atoms with Gasteiger partial charge in [0.15, 0.2) is 0 Å². The molecule has 0 aliphatic carbocycles. The van der Waals surface area contributed by atoms with Gasteiger partial charge in [0.05, 0.1) is 0 Å². The molecule has 1 heterocycles. The number of hydrogen-bond acceptors (Lipinski definition) is 2. The summed E-state index contributed by atoms with van der Waals surface area (Å²) >= 11 is 0. The van der Waals surface area contributed by atoms with Crippen LogP contribution in [-0.2, 0) is 6.54 Å². The summed E-state index contributed by atoms with van der Waals surface area (Å²) in [4.78, 5) is 2.53. The number of piperidine rings is 1. The fourth-order valence-electron chi connectivity index (χ4n) is 2.64. The second-order valence-electron chi connectivity index (χ2n) is 6.39. The van der Waals surface area contributed by atoms with E-state index in [0.29, 0.717) is 6.04 Å². The maximum absolute atomic E-state index is 3.46. The van der Waals surface area contributed by atoms with Gasteiger partial charge in [-0.05, 0) is 36.0 Å². The van der Waals surface area contributed by atoms with E-state index < -0.39 is 0 Å². The number of nitrogens with one attached hydrogen (secondary N) is 1. The maximum atomic E-state index is 3.46. The fraction of sp³-hybridized carbons (Fsp3) is 0.647. The Morgan fingerprint density at radius 2 is 1.84 bits per heavy atom. The summed E-state index contributed by atoms with van der Waals surface area (Å²) in [5, 5.41) is 3.46. The van der Waals surface area contributed by atoms with Crippen molar-refractivity contribution in [3.63, 3.8) is 0 Å². The summed E-state index contributed by atoms with van der Waals surface area (Å²) in [5.74, 6) is 1.67. The summed E-state index contributed by atoms with van der Waals surface area (Å²) in [6.45, 7) is 12.5. The van der Waals surface area contributed by atoms with E-state index in [0.717, 1.165) is 18.4 Å². The third-order valence-electron chi connectivity index (χ3n) is 4.35. The van der Waals surface area contributed by atoms with Crippen molar-refractivity contribution in [3.8, 4) is 0 Å². The summed E-state index contributed by atoms with van der Waals surface area (Å²) < 4.78 is 0. The van der Waals surface area contributed by atoms with Crippen molar-refractivity contribution < 1.29 is 0 Å². The first-order chi connectivity index (χ1) is 9.06. The Labute approximate surface area is 118 Å². The molecule has 0 spiro atoms. The average Bonchev–Trinajstić information content (AvgIpc) is 2.40. The first kappa shape index (κ1) is 14.4. The Bertz CT molecular complexity index is 383. The van der Waals surface area contributed by atoms with Crippen molar-refractivity contribution in [2.45, 2.75) is 46.7 Å². The summed E-state index contributed by atoms with van der Waals surface area (Å²) in [7, 11) is 0. The van der Waals surface area contributed by atoms with Crippen LogP contribution >= 0.6 is 0 Å². The highest BCUT2D eigenvalue weighted by atomic mass is 15.1. The van der Waals surface area contributed by atoms with Crippen LogP contribution in [0.25, 0.3) is 0 Å². The zero-order valence-electron chi connectivity index (χ0n) is 12.8. The molecule has 2 unspecified atom stereocenters. The van der Waals surface area contributed by atoms with Crippen molar-refractivity contribution in [3.05, 3.63) is 29.8 Å². The summed E-state index contributed by atoms with van der Waals surface area (Å²) in [6, 6.07) is 9.62. The molecular weight excluding hydrogens is 232 g/mol. The molecule has 1 aliphatic rings. The molecule has 1 aromatic rings. The van der Waals surface area contributed by atoms with E-state index in [1.807, 2.05) is 0 Å². The van der Waals surface area contributed by atoms with Crippen molar-refractivity contribution in [2.24, 2.45) is 11.8 Å². The lowest BCUT2D eigenvalue weighted by Crippen LogP contribution is -2.38. The van der Waals surface area contributed by atoms with E-state index in [2.05, 4.69) is 62.2 Å². The Balaban J connectivity index is 1.94. The Morgan fingerprint density at radius 3 is 2.42 bits per heavy atom. The highest BCUT2D eigenvalue weighted by Gasteiger charge is 2.22. The lowest BCUT2D eigenvalue weighted by atomic mass is 9.88. The largest absolute Gasteiger partial charge is 0.371 e. The summed E-state index contributed by atoms with van der Waals surface area (Å²) in [6.07, 6.45) is 1.32. The van der Waals surface area contributed by atoms with E-state index in [1.54, 1.807) is 0 Å². The molecule has 1 saturated heterocycles. The molecule has 0 saturated carbocycles. The molecule has 106 valence electrons. The summed E-state index contributed by atoms with van der Waals surface area (Å²) in [5.41, 5.74) is 2.75. The van der Waals surface area contributed by atoms with Crippen molar-refractivity contribution in [2.75, 3.05) is 18.0 Å². The zero-order chi connectivity index (χ0) is 13.8. The van der Waals surface area contributed by atoms with Crippen LogP contribution in [0, 0.1) is 11.8 Å². The van der Waals surface area contributed by atoms with Gasteiger partial charge in [0.1, 0.15) is 0 Å². The molecular formula is C17H28N2. The van der Waals surface area contributed by atoms with Crippen LogP contribution in [0.3, 0.4) is 0 Å². The predicted octanol–water partition coefficient (Wildman–Crippen LogP) is 3.67. The third kappa shape index (κ3) is 3.97. The van der Waals surface area contributed by atoms with Gasteiger partial charge in [-0.1, -0.05) is 39.8 Å². The Hall–Kier alpha value is -1.02. The lowest BCUT2D eigenvalue weighted by molar-refractivity contribution is 0.324. The Kier molecular flexibility index (Phi) is 4.87. The van der Waals surface area contributed by atoms with Gasteiger partial charge >= 0.3 is 0 Å². The van der Waals surface area contributed by atoms with Gasteiger partial charge in [-0.2, -0.15) is 0 Å². The minimum Gasteiger partial charge on any atom is -0.371 e. The molecule has 1 fully saturated rings. The van der Waals surface area contributed by atoms with Crippen LogP contribution in [0.15, 0.2) is 24.3 Å². The van der Waals surface area contributed by atoms with Crippen LogP contribution in [0.2, 0.25) is 0 Å². The number of nitrogens with zero attached hydrogens (tertiary/aromatic N) is 1. The van der Waals surface area contributed by atoms with E-state index in [1.165, 1.54) is 30.8 Å². The molecule has 0 radical (unpaired) electrons. The van der Waals surface area contributed by atoms with Gasteiger partial charge in [-0.15, -0.1) is 0 Å². The quantitative estimate of drug-likeness (QED) is 0.888. The molecule has 1 aliphatic heterocycles. The van der Waals surface area contributed by atoms with Crippen molar-refractivity contribution >= 4 is 5.69 Å². The van der Waals surface area contributed by atoms with Gasteiger partial charge in [-0.25, -0.2) is 0 Å². The van der Waals surface area contributed by atoms with Gasteiger partial charge in [-0.3, -0.25) is 0 Å². The molecule has 1 aromatic carbocycles. The molecule has 2 rings (SSSR count). The number of benzene rings is 1. The molecule has 2 atom stereocenters. The molecule has 19 heavy (non-hydrogen) atoms. The molecule has 0 aromatic heterocycles. The average molecular weight is 260 g/mol.